The van der Waals surface area contributed by atoms with E-state index in [0.717, 1.165) is 6.54 Å². The fraction of sp³-hybridized carbons (Fsp3) is 1.00. The molecule has 36 valence electrons. The molecule has 1 nitrogen and oxygen atoms in total. The fourth-order valence-electron chi connectivity index (χ4n) is 0.256. The van der Waals surface area contributed by atoms with Gasteiger partial charge in [-0.05, 0) is 6.54 Å². The third-order valence-corrected chi connectivity index (χ3v) is 0.866. The zero-order chi connectivity index (χ0) is 4.83. The Morgan fingerprint density at radius 3 is 2.67 bits per heavy atom. The standard InChI is InChI=1S/C3H10BNS/c1-4-2-3-5-6/h4-6H,2-3H2,1H3. The van der Waals surface area contributed by atoms with Crippen LogP contribution in [0.2, 0.25) is 13.1 Å². The zero-order valence-corrected chi connectivity index (χ0v) is 4.96. The molecule has 3 heteroatoms. The molecule has 0 atom stereocenters. The molecule has 0 rings (SSSR count). The van der Waals surface area contributed by atoms with E-state index in [9.17, 15) is 0 Å². The molecule has 6 heavy (non-hydrogen) atoms. The Hall–Kier alpha value is 0.375. The monoisotopic (exact) mass is 103 g/mol. The van der Waals surface area contributed by atoms with Gasteiger partial charge in [0.1, 0.15) is 7.28 Å². The van der Waals surface area contributed by atoms with E-state index < -0.39 is 0 Å². The molecule has 0 amide bonds. The van der Waals surface area contributed by atoms with E-state index >= 15 is 0 Å². The number of rotatable bonds is 3. The SMILES string of the molecule is CBCCNS. The highest BCUT2D eigenvalue weighted by Gasteiger charge is 1.76. The lowest BCUT2D eigenvalue weighted by atomic mass is 9.78. The molecular formula is C3H10BNS. The number of hydrogen-bond donors (Lipinski definition) is 2. The van der Waals surface area contributed by atoms with Crippen LogP contribution in [0.4, 0.5) is 0 Å². The highest BCUT2D eigenvalue weighted by Crippen LogP contribution is 1.72. The first kappa shape index (κ1) is 6.37. The number of hydrogen-bond acceptors (Lipinski definition) is 2. The van der Waals surface area contributed by atoms with E-state index in [1.807, 2.05) is 0 Å². The van der Waals surface area contributed by atoms with Crippen molar-refractivity contribution < 1.29 is 0 Å². The molecule has 0 saturated carbocycles. The first-order valence-electron chi connectivity index (χ1n) is 2.28. The molecule has 0 radical (unpaired) electrons. The molecule has 0 aromatic carbocycles. The normalized spacial score (nSPS) is 8.33. The zero-order valence-electron chi connectivity index (χ0n) is 4.07. The van der Waals surface area contributed by atoms with Crippen LogP contribution in [-0.2, 0) is 0 Å². The summed E-state index contributed by atoms with van der Waals surface area (Å²) in [5, 5.41) is 0. The molecule has 0 aliphatic rings. The Morgan fingerprint density at radius 2 is 2.50 bits per heavy atom. The molecule has 0 heterocycles. The van der Waals surface area contributed by atoms with Gasteiger partial charge in [0.05, 0.1) is 0 Å². The molecule has 0 aliphatic heterocycles. The molecule has 0 fully saturated rings. The summed E-state index contributed by atoms with van der Waals surface area (Å²) < 4.78 is 2.76. The molecule has 1 N–H and O–H groups in total. The van der Waals surface area contributed by atoms with E-state index in [2.05, 4.69) is 24.4 Å². The van der Waals surface area contributed by atoms with Crippen LogP contribution in [0, 0.1) is 0 Å². The largest absolute Gasteiger partial charge is 0.268 e. The van der Waals surface area contributed by atoms with Gasteiger partial charge in [0.15, 0.2) is 0 Å². The van der Waals surface area contributed by atoms with Crippen molar-refractivity contribution in [3.8, 4) is 0 Å². The van der Waals surface area contributed by atoms with Gasteiger partial charge in [-0.15, -0.1) is 0 Å². The van der Waals surface area contributed by atoms with Gasteiger partial charge in [0.2, 0.25) is 0 Å². The van der Waals surface area contributed by atoms with E-state index in [1.54, 1.807) is 0 Å². The number of thiol groups is 1. The smallest absolute Gasteiger partial charge is 0.119 e. The van der Waals surface area contributed by atoms with Crippen molar-refractivity contribution in [3.63, 3.8) is 0 Å². The minimum atomic E-state index is 1.03. The summed E-state index contributed by atoms with van der Waals surface area (Å²) in [4.78, 5) is 0. The molecular weight excluding hydrogens is 92.9 g/mol. The summed E-state index contributed by atoms with van der Waals surface area (Å²) in [6.45, 7) is 3.19. The van der Waals surface area contributed by atoms with Crippen LogP contribution in [0.15, 0.2) is 0 Å². The van der Waals surface area contributed by atoms with Crippen LogP contribution in [-0.4, -0.2) is 13.8 Å². The maximum Gasteiger partial charge on any atom is 0.119 e. The van der Waals surface area contributed by atoms with Gasteiger partial charge < -0.3 is 0 Å². The summed E-state index contributed by atoms with van der Waals surface area (Å²) >= 11 is 3.80. The maximum atomic E-state index is 3.80. The average molecular weight is 103 g/mol. The van der Waals surface area contributed by atoms with Crippen molar-refractivity contribution in [2.75, 3.05) is 6.54 Å². The molecule has 0 spiro atoms. The second kappa shape index (κ2) is 5.37. The Labute approximate surface area is 45.3 Å². The minimum Gasteiger partial charge on any atom is -0.268 e. The predicted molar refractivity (Wildman–Crippen MR) is 34.8 cm³/mol. The van der Waals surface area contributed by atoms with Crippen molar-refractivity contribution in [1.29, 1.82) is 0 Å². The van der Waals surface area contributed by atoms with Crippen LogP contribution in [0.3, 0.4) is 0 Å². The molecule has 0 unspecified atom stereocenters. The third kappa shape index (κ3) is 4.37. The summed E-state index contributed by atoms with van der Waals surface area (Å²) in [5.41, 5.74) is 0. The second-order valence-electron chi connectivity index (χ2n) is 1.26. The molecule has 0 aliphatic carbocycles. The first-order chi connectivity index (χ1) is 2.91. The minimum absolute atomic E-state index is 1.03. The summed E-state index contributed by atoms with van der Waals surface area (Å²) in [6.07, 6.45) is 1.23. The second-order valence-corrected chi connectivity index (χ2v) is 1.58. The quantitative estimate of drug-likeness (QED) is 0.298. The molecule has 0 aromatic rings. The van der Waals surface area contributed by atoms with Crippen LogP contribution in [0.25, 0.3) is 0 Å². The van der Waals surface area contributed by atoms with Crippen molar-refractivity contribution in [1.82, 2.24) is 4.72 Å². The van der Waals surface area contributed by atoms with E-state index in [-0.39, 0.29) is 0 Å². The van der Waals surface area contributed by atoms with Crippen LogP contribution in [0.1, 0.15) is 0 Å². The predicted octanol–water partition coefficient (Wildman–Crippen LogP) is 0.324. The van der Waals surface area contributed by atoms with Gasteiger partial charge in [0, 0.05) is 0 Å². The van der Waals surface area contributed by atoms with Crippen molar-refractivity contribution >= 4 is 20.1 Å². The van der Waals surface area contributed by atoms with Crippen molar-refractivity contribution in [3.05, 3.63) is 0 Å². The summed E-state index contributed by atoms with van der Waals surface area (Å²) in [5.74, 6) is 0. The van der Waals surface area contributed by atoms with Crippen LogP contribution >= 0.6 is 12.8 Å². The lowest BCUT2D eigenvalue weighted by Crippen LogP contribution is -2.01. The van der Waals surface area contributed by atoms with Gasteiger partial charge in [-0.3, -0.25) is 4.72 Å². The van der Waals surface area contributed by atoms with Gasteiger partial charge in [-0.25, -0.2) is 0 Å². The van der Waals surface area contributed by atoms with Crippen LogP contribution in [0.5, 0.6) is 0 Å². The Bertz CT molecular complexity index is 22.8. The van der Waals surface area contributed by atoms with Crippen LogP contribution < -0.4 is 4.72 Å². The van der Waals surface area contributed by atoms with E-state index in [1.165, 1.54) is 13.6 Å². The lowest BCUT2D eigenvalue weighted by molar-refractivity contribution is 1.03. The third-order valence-electron chi connectivity index (χ3n) is 0.642. The molecule has 0 aromatic heterocycles. The first-order valence-corrected chi connectivity index (χ1v) is 2.73. The van der Waals surface area contributed by atoms with Gasteiger partial charge >= 0.3 is 0 Å². The average Bonchev–Trinajstić information content (AvgIpc) is 1.61. The Kier molecular flexibility index (Phi) is 5.71. The Morgan fingerprint density at radius 1 is 1.83 bits per heavy atom. The highest BCUT2D eigenvalue weighted by molar-refractivity contribution is 7.78. The molecule has 0 saturated heterocycles. The van der Waals surface area contributed by atoms with Gasteiger partial charge in [0.25, 0.3) is 0 Å². The Balaban J connectivity index is 2.34. The maximum absolute atomic E-state index is 3.80. The van der Waals surface area contributed by atoms with E-state index in [0.29, 0.717) is 0 Å². The topological polar surface area (TPSA) is 12.0 Å². The fourth-order valence-corrected chi connectivity index (χ4v) is 0.414. The van der Waals surface area contributed by atoms with Gasteiger partial charge in [-0.1, -0.05) is 26.0 Å². The molecule has 0 bridgehead atoms. The number of nitrogens with one attached hydrogen (secondary N) is 1. The lowest BCUT2D eigenvalue weighted by Gasteiger charge is -1.87. The van der Waals surface area contributed by atoms with Gasteiger partial charge in [-0.2, -0.15) is 0 Å². The summed E-state index contributed by atoms with van der Waals surface area (Å²) in [7, 11) is 1.24. The van der Waals surface area contributed by atoms with Crippen molar-refractivity contribution in [2.45, 2.75) is 13.1 Å². The summed E-state index contributed by atoms with van der Waals surface area (Å²) in [6, 6.07) is 0. The van der Waals surface area contributed by atoms with Crippen molar-refractivity contribution in [2.24, 2.45) is 0 Å². The van der Waals surface area contributed by atoms with E-state index in [4.69, 9.17) is 0 Å². The highest BCUT2D eigenvalue weighted by atomic mass is 32.1.